The Hall–Kier alpha value is -5.53. The van der Waals surface area contributed by atoms with E-state index in [2.05, 4.69) is 42.1 Å². The van der Waals surface area contributed by atoms with E-state index in [4.69, 9.17) is 24.2 Å². The van der Waals surface area contributed by atoms with Gasteiger partial charge in [0.05, 0.1) is 82.1 Å². The molecule has 3 atom stereocenters. The lowest BCUT2D eigenvalue weighted by atomic mass is 9.89. The molecule has 4 fully saturated rings. The van der Waals surface area contributed by atoms with Crippen LogP contribution in [0.5, 0.6) is 0 Å². The molecule has 5 heterocycles. The maximum Gasteiger partial charge on any atom is 0.315 e. The number of ketones is 1. The quantitative estimate of drug-likeness (QED) is 0.0373. The number of aromatic nitrogens is 1. The van der Waals surface area contributed by atoms with Crippen molar-refractivity contribution >= 4 is 41.3 Å². The van der Waals surface area contributed by atoms with Gasteiger partial charge in [0.25, 0.3) is 5.91 Å². The van der Waals surface area contributed by atoms with Gasteiger partial charge < -0.3 is 45.1 Å². The largest absolute Gasteiger partial charge is 0.379 e. The number of rotatable bonds is 32. The third kappa shape index (κ3) is 19.5. The van der Waals surface area contributed by atoms with Gasteiger partial charge in [-0.1, -0.05) is 30.7 Å². The number of fused-ring (bicyclic) bond motifs is 1. The monoisotopic (exact) mass is 1070 g/mol. The summed E-state index contributed by atoms with van der Waals surface area (Å²) in [5.41, 5.74) is 4.33. The van der Waals surface area contributed by atoms with Gasteiger partial charge in [-0.15, -0.1) is 0 Å². The van der Waals surface area contributed by atoms with E-state index < -0.39 is 0 Å². The molecule has 20 heteroatoms. The number of benzene rings is 2. The van der Waals surface area contributed by atoms with Crippen molar-refractivity contribution < 1.29 is 47.3 Å². The highest BCUT2D eigenvalue weighted by molar-refractivity contribution is 8.00. The molecule has 4 aliphatic rings. The molecule has 4 aliphatic heterocycles. The number of hydrogen-bond donors (Lipinski definition) is 4. The molecule has 0 radical (unpaired) electrons. The van der Waals surface area contributed by atoms with E-state index in [9.17, 15) is 28.4 Å². The summed E-state index contributed by atoms with van der Waals surface area (Å²) in [6, 6.07) is 18.5. The zero-order chi connectivity index (χ0) is 53.3. The Morgan fingerprint density at radius 1 is 0.737 bits per heavy atom. The van der Waals surface area contributed by atoms with Crippen molar-refractivity contribution in [2.24, 2.45) is 5.92 Å². The number of piperidine rings is 1. The van der Waals surface area contributed by atoms with Crippen LogP contribution in [0, 0.1) is 23.1 Å². The molecule has 3 aromatic rings. The number of Topliss-reactive ketones (excluding diaryl/α,β-unsaturated/α-hetero) is 1. The number of pyridine rings is 1. The number of piperazine rings is 1. The lowest BCUT2D eigenvalue weighted by Gasteiger charge is -2.34. The lowest BCUT2D eigenvalue weighted by molar-refractivity contribution is -0.122. The number of aryl methyl sites for hydroxylation is 1. The van der Waals surface area contributed by atoms with Crippen LogP contribution in [0.1, 0.15) is 101 Å². The second kappa shape index (κ2) is 31.6. The second-order valence-corrected chi connectivity index (χ2v) is 21.2. The average Bonchev–Trinajstić information content (AvgIpc) is 4.00. The van der Waals surface area contributed by atoms with Gasteiger partial charge in [0.1, 0.15) is 11.5 Å². The van der Waals surface area contributed by atoms with Crippen molar-refractivity contribution in [2.45, 2.75) is 94.6 Å². The van der Waals surface area contributed by atoms with Gasteiger partial charge in [-0.2, -0.15) is 17.0 Å². The van der Waals surface area contributed by atoms with Gasteiger partial charge in [0, 0.05) is 88.8 Å². The van der Waals surface area contributed by atoms with Crippen LogP contribution < -0.4 is 21.3 Å². The zero-order valence-electron chi connectivity index (χ0n) is 43.8. The number of carbonyl (C=O) groups excluding carboxylic acids is 5. The number of hydrogen-bond acceptors (Lipinski definition) is 14. The van der Waals surface area contributed by atoms with E-state index in [0.29, 0.717) is 145 Å². The number of nitrogens with one attached hydrogen (secondary N) is 4. The second-order valence-electron chi connectivity index (χ2n) is 20.0. The first-order chi connectivity index (χ1) is 37.1. The summed E-state index contributed by atoms with van der Waals surface area (Å²) in [5, 5.41) is 21.4. The van der Waals surface area contributed by atoms with Gasteiger partial charge in [-0.3, -0.25) is 34.0 Å². The van der Waals surface area contributed by atoms with Crippen LogP contribution in [0.15, 0.2) is 60.8 Å². The summed E-state index contributed by atoms with van der Waals surface area (Å²) in [6.45, 7) is 9.42. The fourth-order valence-corrected chi connectivity index (χ4v) is 11.5. The molecule has 4 N–H and O–H groups in total. The Balaban J connectivity index is 0.731. The average molecular weight is 1070 g/mol. The highest BCUT2D eigenvalue weighted by atomic mass is 32.2. The number of nitriles is 1. The van der Waals surface area contributed by atoms with Crippen LogP contribution in [-0.4, -0.2) is 178 Å². The summed E-state index contributed by atoms with van der Waals surface area (Å²) in [5.74, 6) is 0.580. The minimum absolute atomic E-state index is 0.0161. The number of unbranched alkanes of at least 4 members (excludes halogenated alkanes) is 1. The molecule has 1 aromatic heterocycles. The van der Waals surface area contributed by atoms with Crippen molar-refractivity contribution in [1.82, 2.24) is 41.0 Å². The topological polar surface area (TPSA) is 217 Å². The summed E-state index contributed by atoms with van der Waals surface area (Å²) in [6.07, 6.45) is 8.09. The van der Waals surface area contributed by atoms with E-state index in [0.717, 1.165) is 68.6 Å². The van der Waals surface area contributed by atoms with E-state index in [1.54, 1.807) is 12.1 Å². The highest BCUT2D eigenvalue weighted by Gasteiger charge is 2.42. The first-order valence-electron chi connectivity index (χ1n) is 27.1. The molecule has 0 bridgehead atoms. The molecular formula is C56H76FN9O9S. The van der Waals surface area contributed by atoms with E-state index in [-0.39, 0.29) is 66.4 Å². The fourth-order valence-electron chi connectivity index (χ4n) is 10.0. The van der Waals surface area contributed by atoms with Crippen molar-refractivity contribution in [2.75, 3.05) is 111 Å². The Labute approximate surface area is 450 Å². The first-order valence-corrected chi connectivity index (χ1v) is 28.2. The van der Waals surface area contributed by atoms with Crippen molar-refractivity contribution in [1.29, 1.82) is 5.26 Å². The zero-order valence-corrected chi connectivity index (χ0v) is 44.6. The Morgan fingerprint density at radius 3 is 2.04 bits per heavy atom. The molecule has 18 nitrogen and oxygen atoms in total. The SMILES string of the molecule is N#Cc1ccc(CN2CCC(CC(=O)c3ncc(C(=O)N4CCN(Cc5ccc(F)cc5)CC4)cc3CCCNC(=O)CCOCCOCCOCCOCCNC(=O)CCCC[C@@H]3SCC4NC(=O)N[C@@H]43)CC2)cc1. The fraction of sp³-hybridized carbons (Fsp3) is 0.589. The van der Waals surface area contributed by atoms with E-state index >= 15 is 0 Å². The predicted octanol–water partition coefficient (Wildman–Crippen LogP) is 4.88. The Kier molecular flexibility index (Phi) is 24.2. The molecule has 4 saturated heterocycles. The molecule has 2 aromatic carbocycles. The number of thioether (sulfide) groups is 1. The summed E-state index contributed by atoms with van der Waals surface area (Å²) in [7, 11) is 0. The van der Waals surface area contributed by atoms with E-state index in [1.807, 2.05) is 47.0 Å². The van der Waals surface area contributed by atoms with Crippen LogP contribution in [0.4, 0.5) is 9.18 Å². The maximum absolute atomic E-state index is 13.9. The normalized spacial score (nSPS) is 18.9. The summed E-state index contributed by atoms with van der Waals surface area (Å²) < 4.78 is 35.7. The summed E-state index contributed by atoms with van der Waals surface area (Å²) in [4.78, 5) is 75.3. The van der Waals surface area contributed by atoms with Crippen LogP contribution in [0.25, 0.3) is 0 Å². The molecule has 1 unspecified atom stereocenters. The lowest BCUT2D eigenvalue weighted by Crippen LogP contribution is -2.48. The van der Waals surface area contributed by atoms with E-state index in [1.165, 1.54) is 18.3 Å². The van der Waals surface area contributed by atoms with Crippen molar-refractivity contribution in [3.05, 3.63) is 100 Å². The minimum atomic E-state index is -0.268. The van der Waals surface area contributed by atoms with Crippen LogP contribution >= 0.6 is 11.8 Å². The van der Waals surface area contributed by atoms with Crippen molar-refractivity contribution in [3.63, 3.8) is 0 Å². The number of ether oxygens (including phenoxy) is 4. The molecular weight excluding hydrogens is 994 g/mol. The number of halogens is 1. The number of likely N-dealkylation sites (tertiary alicyclic amines) is 1. The molecule has 76 heavy (non-hydrogen) atoms. The van der Waals surface area contributed by atoms with Gasteiger partial charge in [0.2, 0.25) is 11.8 Å². The third-order valence-corrected chi connectivity index (χ3v) is 15.8. The van der Waals surface area contributed by atoms with Gasteiger partial charge in [-0.05, 0) is 105 Å². The van der Waals surface area contributed by atoms with Gasteiger partial charge in [0.15, 0.2) is 5.78 Å². The summed E-state index contributed by atoms with van der Waals surface area (Å²) >= 11 is 1.89. The Morgan fingerprint density at radius 2 is 1.36 bits per heavy atom. The first kappa shape index (κ1) is 58.2. The third-order valence-electron chi connectivity index (χ3n) is 14.3. The number of amides is 5. The molecule has 412 valence electrons. The molecule has 0 spiro atoms. The Bertz CT molecular complexity index is 2360. The van der Waals surface area contributed by atoms with Crippen LogP contribution in [0.2, 0.25) is 0 Å². The predicted molar refractivity (Wildman–Crippen MR) is 286 cm³/mol. The molecule has 0 aliphatic carbocycles. The van der Waals surface area contributed by atoms with Crippen LogP contribution in [0.3, 0.4) is 0 Å². The number of nitrogens with zero attached hydrogens (tertiary/aromatic N) is 5. The van der Waals surface area contributed by atoms with Gasteiger partial charge >= 0.3 is 6.03 Å². The van der Waals surface area contributed by atoms with Crippen LogP contribution in [-0.2, 0) is 48.0 Å². The number of carbonyl (C=O) groups is 5. The van der Waals surface area contributed by atoms with Gasteiger partial charge in [-0.25, -0.2) is 9.18 Å². The molecule has 7 rings (SSSR count). The smallest absolute Gasteiger partial charge is 0.315 e. The highest BCUT2D eigenvalue weighted by Crippen LogP contribution is 2.33. The van der Waals surface area contributed by atoms with Crippen molar-refractivity contribution in [3.8, 4) is 6.07 Å². The minimum Gasteiger partial charge on any atom is -0.379 e. The molecule has 5 amide bonds. The maximum atomic E-state index is 13.9. The standard InChI is InChI=1S/C56H76FN9O9S/c57-47-13-11-44(12-14-47)39-65-22-24-66(25-23-65)55(70)46-35-45(53(61-37-46)49(67)34-41-15-20-64(21-16-41)38-43-9-7-42(36-58)8-10-43)4-3-18-59-52(69)17-26-72-28-30-74-32-33-75-31-29-73-27-19-60-51(68)6-2-1-5-50-54-48(40-76-50)62-56(71)63-54/h7-14,35,37,41,48,50,54H,1-6,15-34,38-40H2,(H,59,69)(H,60,68)(H2,62,63,71)/t48?,50-,54-/m0/s1. The molecule has 0 saturated carbocycles. The number of urea groups is 1.